The molecule has 0 amide bonds. The average Bonchev–Trinajstić information content (AvgIpc) is 3.56. The van der Waals surface area contributed by atoms with Gasteiger partial charge in [-0.2, -0.15) is 18.2 Å². The normalized spacial score (nSPS) is 16.8. The molecule has 2 saturated heterocycles. The van der Waals surface area contributed by atoms with Gasteiger partial charge in [-0.25, -0.2) is 13.4 Å². The molecule has 0 bridgehead atoms. The third-order valence-electron chi connectivity index (χ3n) is 9.14. The molecule has 0 unspecified atom stereocenters. The topological polar surface area (TPSA) is 96.6 Å². The number of nitrogens with zero attached hydrogens (tertiary/aromatic N) is 4. The van der Waals surface area contributed by atoms with Crippen molar-refractivity contribution >= 4 is 27.5 Å². The molecule has 2 aliphatic heterocycles. The average molecular weight is 667 g/mol. The number of benzene rings is 2. The quantitative estimate of drug-likeness (QED) is 0.177. The number of hydrogen-bond acceptors (Lipinski definition) is 8. The fourth-order valence-electron chi connectivity index (χ4n) is 6.44. The highest BCUT2D eigenvalue weighted by Crippen LogP contribution is 2.37. The molecule has 0 atom stereocenters. The lowest BCUT2D eigenvalue weighted by atomic mass is 9.90. The molecule has 2 aromatic carbocycles. The third kappa shape index (κ3) is 7.86. The molecular formula is C35H37F3N4O4S. The Kier molecular flexibility index (Phi) is 9.67. The SMILES string of the molecule is O=C(Cc1ccc(N2CCC(S(=O)(=O)CCc3ccccc3)CC2)nc1)c1oc(N2CCC(c3ccccc3)CC2)nc1C(F)(F)F. The molecule has 248 valence electrons. The number of hydrogen-bond donors (Lipinski definition) is 0. The maximum atomic E-state index is 13.9. The predicted molar refractivity (Wildman–Crippen MR) is 174 cm³/mol. The summed E-state index contributed by atoms with van der Waals surface area (Å²) in [5, 5.41) is -0.413. The number of oxazole rings is 1. The van der Waals surface area contributed by atoms with Crippen LogP contribution >= 0.6 is 0 Å². The maximum absolute atomic E-state index is 13.9. The molecule has 0 saturated carbocycles. The van der Waals surface area contributed by atoms with Crippen molar-refractivity contribution in [3.05, 3.63) is 107 Å². The summed E-state index contributed by atoms with van der Waals surface area (Å²) in [5.74, 6) is -0.592. The first-order chi connectivity index (χ1) is 22.6. The van der Waals surface area contributed by atoms with Crippen molar-refractivity contribution in [2.45, 2.75) is 55.9 Å². The maximum Gasteiger partial charge on any atom is 0.437 e. The summed E-state index contributed by atoms with van der Waals surface area (Å²) in [7, 11) is -3.25. The fourth-order valence-corrected chi connectivity index (χ4v) is 8.23. The van der Waals surface area contributed by atoms with Gasteiger partial charge >= 0.3 is 6.18 Å². The van der Waals surface area contributed by atoms with E-state index in [-0.39, 0.29) is 18.2 Å². The fraction of sp³-hybridized carbons (Fsp3) is 0.400. The van der Waals surface area contributed by atoms with E-state index in [1.54, 1.807) is 17.0 Å². The van der Waals surface area contributed by atoms with Gasteiger partial charge in [0.1, 0.15) is 5.82 Å². The van der Waals surface area contributed by atoms with Crippen molar-refractivity contribution in [1.29, 1.82) is 0 Å². The van der Waals surface area contributed by atoms with Gasteiger partial charge in [0.15, 0.2) is 15.5 Å². The molecule has 2 aromatic heterocycles. The van der Waals surface area contributed by atoms with Gasteiger partial charge in [0.2, 0.25) is 11.5 Å². The van der Waals surface area contributed by atoms with Crippen molar-refractivity contribution in [1.82, 2.24) is 9.97 Å². The second-order valence-corrected chi connectivity index (χ2v) is 14.7. The van der Waals surface area contributed by atoms with E-state index in [1.807, 2.05) is 53.4 Å². The van der Waals surface area contributed by atoms with Crippen LogP contribution in [0.5, 0.6) is 0 Å². The van der Waals surface area contributed by atoms with E-state index in [0.29, 0.717) is 62.7 Å². The molecule has 2 aliphatic rings. The zero-order valence-corrected chi connectivity index (χ0v) is 26.7. The molecule has 2 fully saturated rings. The van der Waals surface area contributed by atoms with Gasteiger partial charge in [-0.1, -0.05) is 66.7 Å². The summed E-state index contributed by atoms with van der Waals surface area (Å²) < 4.78 is 73.3. The van der Waals surface area contributed by atoms with Crippen molar-refractivity contribution in [2.24, 2.45) is 0 Å². The molecule has 0 radical (unpaired) electrons. The van der Waals surface area contributed by atoms with E-state index < -0.39 is 38.5 Å². The number of anilines is 2. The minimum absolute atomic E-state index is 0.109. The molecule has 0 N–H and O–H groups in total. The van der Waals surface area contributed by atoms with Gasteiger partial charge in [0.05, 0.1) is 11.0 Å². The Labute approximate surface area is 272 Å². The largest absolute Gasteiger partial charge is 0.437 e. The van der Waals surface area contributed by atoms with Gasteiger partial charge in [0, 0.05) is 38.8 Å². The standard InChI is InChI=1S/C35H37F3N4O4S/c36-35(37,38)33-32(46-34(40-33)42-18-13-28(14-19-42)27-9-5-2-6-10-27)30(43)23-26-11-12-31(39-24-26)41-20-15-29(16-21-41)47(44,45)22-17-25-7-3-1-4-8-25/h1-12,24,28-29H,13-23H2. The van der Waals surface area contributed by atoms with Crippen LogP contribution < -0.4 is 9.80 Å². The van der Waals surface area contributed by atoms with E-state index in [2.05, 4.69) is 22.1 Å². The lowest BCUT2D eigenvalue weighted by Gasteiger charge is -2.32. The molecule has 12 heteroatoms. The first kappa shape index (κ1) is 32.7. The molecule has 47 heavy (non-hydrogen) atoms. The number of aryl methyl sites for hydroxylation is 1. The molecular weight excluding hydrogens is 629 g/mol. The Bertz CT molecular complexity index is 1750. The summed E-state index contributed by atoms with van der Waals surface area (Å²) in [6, 6.07) is 22.7. The number of alkyl halides is 3. The number of halogens is 3. The Morgan fingerprint density at radius 2 is 1.47 bits per heavy atom. The first-order valence-corrected chi connectivity index (χ1v) is 17.6. The Morgan fingerprint density at radius 3 is 2.09 bits per heavy atom. The lowest BCUT2D eigenvalue weighted by Crippen LogP contribution is -2.40. The first-order valence-electron chi connectivity index (χ1n) is 15.9. The van der Waals surface area contributed by atoms with Gasteiger partial charge in [0.25, 0.3) is 6.01 Å². The number of carbonyl (C=O) groups excluding carboxylic acids is 1. The van der Waals surface area contributed by atoms with E-state index in [9.17, 15) is 26.4 Å². The number of Topliss-reactive ketones (excluding diaryl/α,β-unsaturated/α-hetero) is 1. The van der Waals surface area contributed by atoms with Crippen LogP contribution in [-0.4, -0.2) is 61.4 Å². The van der Waals surface area contributed by atoms with Crippen LogP contribution in [0.3, 0.4) is 0 Å². The summed E-state index contributed by atoms with van der Waals surface area (Å²) in [6.45, 7) is 1.96. The number of sulfone groups is 1. The monoisotopic (exact) mass is 666 g/mol. The lowest BCUT2D eigenvalue weighted by molar-refractivity contribution is -0.141. The second-order valence-electron chi connectivity index (χ2n) is 12.3. The van der Waals surface area contributed by atoms with Crippen LogP contribution in [0.15, 0.2) is 83.4 Å². The number of piperidine rings is 2. The highest BCUT2D eigenvalue weighted by molar-refractivity contribution is 7.92. The number of rotatable bonds is 10. The smallest absolute Gasteiger partial charge is 0.420 e. The number of aromatic nitrogens is 2. The van der Waals surface area contributed by atoms with Crippen molar-refractivity contribution < 1.29 is 30.8 Å². The molecule has 4 aromatic rings. The van der Waals surface area contributed by atoms with Crippen LogP contribution in [0, 0.1) is 0 Å². The van der Waals surface area contributed by atoms with Gasteiger partial charge in [-0.05, 0) is 60.8 Å². The van der Waals surface area contributed by atoms with E-state index >= 15 is 0 Å². The van der Waals surface area contributed by atoms with E-state index in [1.165, 1.54) is 11.8 Å². The highest BCUT2D eigenvalue weighted by Gasteiger charge is 2.42. The van der Waals surface area contributed by atoms with Crippen LogP contribution in [0.25, 0.3) is 0 Å². The predicted octanol–water partition coefficient (Wildman–Crippen LogP) is 6.52. The minimum Gasteiger partial charge on any atom is -0.420 e. The van der Waals surface area contributed by atoms with Crippen LogP contribution in [0.2, 0.25) is 0 Å². The van der Waals surface area contributed by atoms with Crippen molar-refractivity contribution in [2.75, 3.05) is 41.7 Å². The molecule has 8 nitrogen and oxygen atoms in total. The van der Waals surface area contributed by atoms with Crippen LogP contribution in [0.4, 0.5) is 25.0 Å². The summed E-state index contributed by atoms with van der Waals surface area (Å²) in [5.41, 5.74) is 1.31. The summed E-state index contributed by atoms with van der Waals surface area (Å²) in [4.78, 5) is 25.0. The number of pyridine rings is 1. The second kappa shape index (κ2) is 13.9. The minimum atomic E-state index is -4.85. The van der Waals surface area contributed by atoms with Crippen molar-refractivity contribution in [3.63, 3.8) is 0 Å². The Balaban J connectivity index is 1.05. The number of carbonyl (C=O) groups is 1. The Hall–Kier alpha value is -4.19. The van der Waals surface area contributed by atoms with Crippen LogP contribution in [-0.2, 0) is 28.9 Å². The van der Waals surface area contributed by atoms with E-state index in [4.69, 9.17) is 4.42 Å². The van der Waals surface area contributed by atoms with Crippen molar-refractivity contribution in [3.8, 4) is 0 Å². The van der Waals surface area contributed by atoms with Gasteiger partial charge < -0.3 is 14.2 Å². The van der Waals surface area contributed by atoms with Crippen LogP contribution in [0.1, 0.15) is 64.5 Å². The molecule has 6 rings (SSSR count). The van der Waals surface area contributed by atoms with Gasteiger partial charge in [-0.3, -0.25) is 4.79 Å². The molecule has 4 heterocycles. The van der Waals surface area contributed by atoms with E-state index in [0.717, 1.165) is 18.4 Å². The number of ketones is 1. The highest BCUT2D eigenvalue weighted by atomic mass is 32.2. The van der Waals surface area contributed by atoms with Gasteiger partial charge in [-0.15, -0.1) is 0 Å². The molecule has 0 spiro atoms. The summed E-state index contributed by atoms with van der Waals surface area (Å²) in [6.07, 6.45) is -0.796. The molecule has 0 aliphatic carbocycles. The zero-order chi connectivity index (χ0) is 33.0. The Morgan fingerprint density at radius 1 is 0.830 bits per heavy atom. The summed E-state index contributed by atoms with van der Waals surface area (Å²) >= 11 is 0. The third-order valence-corrected chi connectivity index (χ3v) is 11.4. The zero-order valence-electron chi connectivity index (χ0n) is 25.9.